The van der Waals surface area contributed by atoms with E-state index in [1.165, 1.54) is 0 Å². The van der Waals surface area contributed by atoms with Crippen LogP contribution in [0.4, 0.5) is 0 Å². The maximum absolute atomic E-state index is 9.41. The van der Waals surface area contributed by atoms with Crippen LogP contribution in [0.2, 0.25) is 0 Å². The van der Waals surface area contributed by atoms with E-state index >= 15 is 0 Å². The van der Waals surface area contributed by atoms with Gasteiger partial charge in [-0.25, -0.2) is 0 Å². The first-order valence-electron chi connectivity index (χ1n) is 7.42. The Hall–Kier alpha value is -1.04. The van der Waals surface area contributed by atoms with Crippen LogP contribution in [0.1, 0.15) is 47.1 Å². The second-order valence-electron chi connectivity index (χ2n) is 6.78. The molecule has 1 aromatic carbocycles. The highest BCUT2D eigenvalue weighted by Gasteiger charge is 2.51. The Bertz CT molecular complexity index is 495. The molecule has 0 saturated carbocycles. The number of ether oxygens (including phenoxy) is 1. The molecule has 116 valence electrons. The molecule has 0 amide bonds. The highest BCUT2D eigenvalue weighted by atomic mass is 16.7. The summed E-state index contributed by atoms with van der Waals surface area (Å²) in [6.45, 7) is 12.0. The van der Waals surface area contributed by atoms with Gasteiger partial charge in [0.25, 0.3) is 0 Å². The largest absolute Gasteiger partial charge is 0.494 e. The molecule has 0 spiro atoms. The summed E-state index contributed by atoms with van der Waals surface area (Å²) < 4.78 is 17.9. The lowest BCUT2D eigenvalue weighted by Gasteiger charge is -2.32. The topological polar surface area (TPSA) is 47.9 Å². The normalized spacial score (nSPS) is 20.1. The van der Waals surface area contributed by atoms with Gasteiger partial charge in [0.2, 0.25) is 0 Å². The fraction of sp³-hybridized carbons (Fsp3) is 0.625. The first kappa shape index (κ1) is 16.3. The molecule has 0 unspecified atom stereocenters. The minimum Gasteiger partial charge on any atom is -0.491 e. The van der Waals surface area contributed by atoms with Crippen LogP contribution >= 0.6 is 0 Å². The van der Waals surface area contributed by atoms with Crippen molar-refractivity contribution in [3.8, 4) is 5.75 Å². The molecule has 2 rings (SSSR count). The summed E-state index contributed by atoms with van der Waals surface area (Å²) in [7, 11) is -0.419. The van der Waals surface area contributed by atoms with Crippen LogP contribution in [0.15, 0.2) is 18.2 Å². The lowest BCUT2D eigenvalue weighted by Crippen LogP contribution is -2.41. The fourth-order valence-electron chi connectivity index (χ4n) is 2.19. The highest BCUT2D eigenvalue weighted by molar-refractivity contribution is 6.62. The molecule has 21 heavy (non-hydrogen) atoms. The van der Waals surface area contributed by atoms with E-state index in [-0.39, 0.29) is 23.9 Å². The predicted octanol–water partition coefficient (Wildman–Crippen LogP) is 2.27. The molecule has 1 aliphatic heterocycles. The number of aliphatic hydroxyl groups is 1. The Morgan fingerprint density at radius 2 is 1.71 bits per heavy atom. The third kappa shape index (κ3) is 3.25. The van der Waals surface area contributed by atoms with Gasteiger partial charge < -0.3 is 19.2 Å². The summed E-state index contributed by atoms with van der Waals surface area (Å²) in [4.78, 5) is 0. The molecule has 5 heteroatoms. The Kier molecular flexibility index (Phi) is 4.38. The van der Waals surface area contributed by atoms with Gasteiger partial charge in [-0.05, 0) is 53.1 Å². The van der Waals surface area contributed by atoms with E-state index in [0.29, 0.717) is 5.75 Å². The van der Waals surface area contributed by atoms with E-state index < -0.39 is 7.12 Å². The molecule has 0 aromatic heterocycles. The highest BCUT2D eigenvalue weighted by Crippen LogP contribution is 2.36. The van der Waals surface area contributed by atoms with Gasteiger partial charge in [-0.1, -0.05) is 12.1 Å². The zero-order chi connectivity index (χ0) is 15.8. The molecule has 1 aliphatic rings. The van der Waals surface area contributed by atoms with Crippen molar-refractivity contribution in [2.75, 3.05) is 0 Å². The summed E-state index contributed by atoms with van der Waals surface area (Å²) in [5, 5.41) is 9.41. The average molecular weight is 292 g/mol. The van der Waals surface area contributed by atoms with E-state index in [9.17, 15) is 5.11 Å². The smallest absolute Gasteiger partial charge is 0.491 e. The number of aliphatic hydroxyl groups excluding tert-OH is 1. The van der Waals surface area contributed by atoms with Crippen LogP contribution in [0, 0.1) is 0 Å². The SMILES string of the molecule is CC(C)Oc1cc(B2OC(C)(C)C(C)(C)O2)ccc1CO. The number of hydrogen-bond acceptors (Lipinski definition) is 4. The van der Waals surface area contributed by atoms with Crippen molar-refractivity contribution in [2.45, 2.75) is 65.5 Å². The van der Waals surface area contributed by atoms with Crippen molar-refractivity contribution in [3.05, 3.63) is 23.8 Å². The first-order chi connectivity index (χ1) is 9.66. The van der Waals surface area contributed by atoms with Crippen LogP contribution in [0.5, 0.6) is 5.75 Å². The molecule has 1 N–H and O–H groups in total. The summed E-state index contributed by atoms with van der Waals surface area (Å²) in [6.07, 6.45) is 0.0452. The zero-order valence-corrected chi connectivity index (χ0v) is 13.8. The summed E-state index contributed by atoms with van der Waals surface area (Å²) in [5.74, 6) is 0.680. The molecule has 1 saturated heterocycles. The van der Waals surface area contributed by atoms with Crippen molar-refractivity contribution >= 4 is 12.6 Å². The van der Waals surface area contributed by atoms with E-state index in [0.717, 1.165) is 11.0 Å². The Morgan fingerprint density at radius 1 is 1.14 bits per heavy atom. The van der Waals surface area contributed by atoms with Crippen molar-refractivity contribution in [1.29, 1.82) is 0 Å². The maximum Gasteiger partial charge on any atom is 0.494 e. The third-order valence-electron chi connectivity index (χ3n) is 4.15. The summed E-state index contributed by atoms with van der Waals surface area (Å²) in [6, 6.07) is 5.67. The van der Waals surface area contributed by atoms with Crippen molar-refractivity contribution in [2.24, 2.45) is 0 Å². The Labute approximate surface area is 127 Å². The second kappa shape index (κ2) is 5.63. The van der Waals surface area contributed by atoms with E-state index in [2.05, 4.69) is 0 Å². The van der Waals surface area contributed by atoms with Gasteiger partial charge in [-0.2, -0.15) is 0 Å². The van der Waals surface area contributed by atoms with Gasteiger partial charge in [0, 0.05) is 5.56 Å². The van der Waals surface area contributed by atoms with E-state index in [4.69, 9.17) is 14.0 Å². The molecule has 1 fully saturated rings. The fourth-order valence-corrected chi connectivity index (χ4v) is 2.19. The Morgan fingerprint density at radius 3 is 2.19 bits per heavy atom. The van der Waals surface area contributed by atoms with Gasteiger partial charge in [0.15, 0.2) is 0 Å². The molecule has 4 nitrogen and oxygen atoms in total. The summed E-state index contributed by atoms with van der Waals surface area (Å²) in [5.41, 5.74) is 0.934. The van der Waals surface area contributed by atoms with Gasteiger partial charge >= 0.3 is 7.12 Å². The number of rotatable bonds is 4. The van der Waals surface area contributed by atoms with Crippen molar-refractivity contribution in [3.63, 3.8) is 0 Å². The molecule has 1 heterocycles. The third-order valence-corrected chi connectivity index (χ3v) is 4.15. The predicted molar refractivity (Wildman–Crippen MR) is 83.8 cm³/mol. The van der Waals surface area contributed by atoms with Gasteiger partial charge in [0.05, 0.1) is 23.9 Å². The first-order valence-corrected chi connectivity index (χ1v) is 7.42. The molecular weight excluding hydrogens is 267 g/mol. The standard InChI is InChI=1S/C16H25BO4/c1-11(2)19-14-9-13(8-7-12(14)10-18)17-20-15(3,4)16(5,6)21-17/h7-9,11,18H,10H2,1-6H3. The van der Waals surface area contributed by atoms with Crippen LogP contribution in [0.3, 0.4) is 0 Å². The number of hydrogen-bond donors (Lipinski definition) is 1. The van der Waals surface area contributed by atoms with Crippen molar-refractivity contribution in [1.82, 2.24) is 0 Å². The molecule has 0 bridgehead atoms. The summed E-state index contributed by atoms with van der Waals surface area (Å²) >= 11 is 0. The monoisotopic (exact) mass is 292 g/mol. The van der Waals surface area contributed by atoms with Crippen molar-refractivity contribution < 1.29 is 19.2 Å². The van der Waals surface area contributed by atoms with Gasteiger partial charge in [-0.3, -0.25) is 0 Å². The maximum atomic E-state index is 9.41. The van der Waals surface area contributed by atoms with Gasteiger partial charge in [0.1, 0.15) is 5.75 Å². The lowest BCUT2D eigenvalue weighted by atomic mass is 9.78. The number of benzene rings is 1. The molecular formula is C16H25BO4. The van der Waals surface area contributed by atoms with Crippen LogP contribution in [-0.4, -0.2) is 29.5 Å². The zero-order valence-electron chi connectivity index (χ0n) is 13.8. The van der Waals surface area contributed by atoms with Crippen LogP contribution in [-0.2, 0) is 15.9 Å². The van der Waals surface area contributed by atoms with Gasteiger partial charge in [-0.15, -0.1) is 0 Å². The molecule has 0 atom stereocenters. The molecule has 0 radical (unpaired) electrons. The minimum absolute atomic E-state index is 0.0452. The second-order valence-corrected chi connectivity index (χ2v) is 6.78. The van der Waals surface area contributed by atoms with Crippen LogP contribution < -0.4 is 10.2 Å². The lowest BCUT2D eigenvalue weighted by molar-refractivity contribution is 0.00578. The average Bonchev–Trinajstić information content (AvgIpc) is 2.57. The molecule has 0 aliphatic carbocycles. The van der Waals surface area contributed by atoms with E-state index in [1.54, 1.807) is 0 Å². The van der Waals surface area contributed by atoms with E-state index in [1.807, 2.05) is 59.7 Å². The Balaban J connectivity index is 2.30. The molecule has 1 aromatic rings. The minimum atomic E-state index is -0.419. The van der Waals surface area contributed by atoms with Crippen LogP contribution in [0.25, 0.3) is 0 Å². The quantitative estimate of drug-likeness (QED) is 0.865.